The van der Waals surface area contributed by atoms with Crippen LogP contribution >= 0.6 is 12.2 Å². The average molecular weight is 273 g/mol. The number of hydrogen-bond donors (Lipinski definition) is 2. The van der Waals surface area contributed by atoms with Crippen molar-refractivity contribution in [3.05, 3.63) is 29.3 Å². The van der Waals surface area contributed by atoms with Crippen LogP contribution in [0.25, 0.3) is 0 Å². The Kier molecular flexibility index (Phi) is 4.07. The normalized spacial score (nSPS) is 11.5. The molecule has 94 valence electrons. The Morgan fingerprint density at radius 3 is 2.47 bits per heavy atom. The lowest BCUT2D eigenvalue weighted by Crippen LogP contribution is -2.30. The van der Waals surface area contributed by atoms with Crippen molar-refractivity contribution >= 4 is 33.1 Å². The third-order valence-corrected chi connectivity index (χ3v) is 3.88. The first-order valence-corrected chi connectivity index (χ1v) is 6.70. The van der Waals surface area contributed by atoms with E-state index in [1.165, 1.54) is 14.1 Å². The van der Waals surface area contributed by atoms with Crippen molar-refractivity contribution in [2.75, 3.05) is 18.8 Å². The molecule has 0 atom stereocenters. The van der Waals surface area contributed by atoms with Crippen LogP contribution in [-0.4, -0.2) is 31.8 Å². The SMILES string of the molecule is Cc1cccc(NS(=O)(=O)N(C)C)c1C(N)=S. The summed E-state index contributed by atoms with van der Waals surface area (Å²) in [6.45, 7) is 1.82. The molecule has 0 amide bonds. The number of nitrogens with two attached hydrogens (primary N) is 1. The number of rotatable bonds is 4. The molecule has 0 radical (unpaired) electrons. The molecule has 1 aromatic rings. The molecule has 0 fully saturated rings. The van der Waals surface area contributed by atoms with E-state index in [4.69, 9.17) is 18.0 Å². The molecule has 1 aromatic carbocycles. The molecule has 0 saturated heterocycles. The van der Waals surface area contributed by atoms with E-state index in [0.717, 1.165) is 9.87 Å². The van der Waals surface area contributed by atoms with E-state index in [9.17, 15) is 8.42 Å². The second-order valence-electron chi connectivity index (χ2n) is 3.75. The number of anilines is 1. The van der Waals surface area contributed by atoms with Gasteiger partial charge in [-0.2, -0.15) is 12.7 Å². The molecule has 0 heterocycles. The van der Waals surface area contributed by atoms with Crippen LogP contribution < -0.4 is 10.5 Å². The molecule has 7 heteroatoms. The van der Waals surface area contributed by atoms with Gasteiger partial charge in [0.2, 0.25) is 0 Å². The first kappa shape index (κ1) is 13.9. The minimum absolute atomic E-state index is 0.166. The molecule has 0 aliphatic rings. The largest absolute Gasteiger partial charge is 0.389 e. The van der Waals surface area contributed by atoms with E-state index < -0.39 is 10.2 Å². The highest BCUT2D eigenvalue weighted by atomic mass is 32.2. The van der Waals surface area contributed by atoms with Gasteiger partial charge in [-0.1, -0.05) is 24.4 Å². The zero-order valence-corrected chi connectivity index (χ0v) is 11.5. The first-order valence-electron chi connectivity index (χ1n) is 4.85. The molecule has 0 aliphatic carbocycles. The number of nitrogens with one attached hydrogen (secondary N) is 1. The Morgan fingerprint density at radius 1 is 1.41 bits per heavy atom. The van der Waals surface area contributed by atoms with Crippen LogP contribution in [0.5, 0.6) is 0 Å². The highest BCUT2D eigenvalue weighted by Crippen LogP contribution is 2.20. The van der Waals surface area contributed by atoms with Gasteiger partial charge < -0.3 is 5.73 Å². The number of hydrogen-bond acceptors (Lipinski definition) is 3. The highest BCUT2D eigenvalue weighted by molar-refractivity contribution is 7.90. The Morgan fingerprint density at radius 2 is 2.00 bits per heavy atom. The smallest absolute Gasteiger partial charge is 0.301 e. The van der Waals surface area contributed by atoms with Gasteiger partial charge >= 0.3 is 10.2 Å². The summed E-state index contributed by atoms with van der Waals surface area (Å²) >= 11 is 4.92. The van der Waals surface area contributed by atoms with Crippen molar-refractivity contribution < 1.29 is 8.42 Å². The zero-order chi connectivity index (χ0) is 13.2. The third-order valence-electron chi connectivity index (χ3n) is 2.24. The summed E-state index contributed by atoms with van der Waals surface area (Å²) in [6, 6.07) is 5.19. The highest BCUT2D eigenvalue weighted by Gasteiger charge is 2.17. The standard InChI is InChI=1S/C10H15N3O2S2/c1-7-5-4-6-8(9(7)10(11)16)12-17(14,15)13(2)3/h4-6,12H,1-3H3,(H2,11,16). The van der Waals surface area contributed by atoms with Crippen molar-refractivity contribution in [1.82, 2.24) is 4.31 Å². The van der Waals surface area contributed by atoms with Gasteiger partial charge in [-0.15, -0.1) is 0 Å². The number of benzene rings is 1. The van der Waals surface area contributed by atoms with Crippen molar-refractivity contribution in [1.29, 1.82) is 0 Å². The maximum atomic E-state index is 11.7. The Hall–Kier alpha value is -1.18. The fourth-order valence-corrected chi connectivity index (χ4v) is 2.21. The predicted octanol–water partition coefficient (Wildman–Crippen LogP) is 0.848. The Balaban J connectivity index is 3.25. The van der Waals surface area contributed by atoms with Gasteiger partial charge in [0.15, 0.2) is 0 Å². The summed E-state index contributed by atoms with van der Waals surface area (Å²) < 4.78 is 27.0. The lowest BCUT2D eigenvalue weighted by atomic mass is 10.1. The molecule has 0 saturated carbocycles. The molecule has 0 aliphatic heterocycles. The van der Waals surface area contributed by atoms with Gasteiger partial charge in [-0.05, 0) is 18.6 Å². The fraction of sp³-hybridized carbons (Fsp3) is 0.300. The van der Waals surface area contributed by atoms with E-state index in [1.54, 1.807) is 12.1 Å². The Labute approximate surface area is 107 Å². The summed E-state index contributed by atoms with van der Waals surface area (Å²) in [6.07, 6.45) is 0. The fourth-order valence-electron chi connectivity index (χ4n) is 1.31. The summed E-state index contributed by atoms with van der Waals surface area (Å²) in [5.41, 5.74) is 7.37. The van der Waals surface area contributed by atoms with E-state index in [-0.39, 0.29) is 4.99 Å². The number of aryl methyl sites for hydroxylation is 1. The van der Waals surface area contributed by atoms with Crippen LogP contribution in [-0.2, 0) is 10.2 Å². The molecule has 0 aromatic heterocycles. The lowest BCUT2D eigenvalue weighted by molar-refractivity contribution is 0.527. The molecule has 0 unspecified atom stereocenters. The Bertz CT molecular complexity index is 538. The average Bonchev–Trinajstić information content (AvgIpc) is 2.15. The number of nitrogens with zero attached hydrogens (tertiary/aromatic N) is 1. The van der Waals surface area contributed by atoms with Crippen LogP contribution in [0.2, 0.25) is 0 Å². The molecule has 17 heavy (non-hydrogen) atoms. The maximum Gasteiger partial charge on any atom is 0.301 e. The monoisotopic (exact) mass is 273 g/mol. The van der Waals surface area contributed by atoms with E-state index in [0.29, 0.717) is 11.3 Å². The maximum absolute atomic E-state index is 11.7. The number of thiocarbonyl (C=S) groups is 1. The van der Waals surface area contributed by atoms with Crippen LogP contribution in [0.4, 0.5) is 5.69 Å². The van der Waals surface area contributed by atoms with Crippen LogP contribution in [0.15, 0.2) is 18.2 Å². The quantitative estimate of drug-likeness (QED) is 0.797. The lowest BCUT2D eigenvalue weighted by Gasteiger charge is -2.16. The summed E-state index contributed by atoms with van der Waals surface area (Å²) in [5.74, 6) is 0. The van der Waals surface area contributed by atoms with Gasteiger partial charge in [0.05, 0.1) is 5.69 Å². The summed E-state index contributed by atoms with van der Waals surface area (Å²) in [7, 11) is -0.670. The minimum atomic E-state index is -3.56. The molecular weight excluding hydrogens is 258 g/mol. The van der Waals surface area contributed by atoms with Crippen molar-refractivity contribution in [3.63, 3.8) is 0 Å². The van der Waals surface area contributed by atoms with Crippen LogP contribution in [0, 0.1) is 6.92 Å². The van der Waals surface area contributed by atoms with Gasteiger partial charge in [-0.3, -0.25) is 4.72 Å². The predicted molar refractivity (Wildman–Crippen MR) is 73.3 cm³/mol. The zero-order valence-electron chi connectivity index (χ0n) is 9.89. The molecular formula is C10H15N3O2S2. The van der Waals surface area contributed by atoms with Crippen LogP contribution in [0.1, 0.15) is 11.1 Å². The second kappa shape index (κ2) is 4.99. The van der Waals surface area contributed by atoms with Crippen molar-refractivity contribution in [2.24, 2.45) is 5.73 Å². The molecule has 3 N–H and O–H groups in total. The topological polar surface area (TPSA) is 75.4 Å². The first-order chi connectivity index (χ1) is 7.75. The van der Waals surface area contributed by atoms with Gasteiger partial charge in [-0.25, -0.2) is 0 Å². The third kappa shape index (κ3) is 3.15. The summed E-state index contributed by atoms with van der Waals surface area (Å²) in [4.78, 5) is 0.166. The molecule has 0 spiro atoms. The van der Waals surface area contributed by atoms with Crippen LogP contribution in [0.3, 0.4) is 0 Å². The molecule has 1 rings (SSSR count). The van der Waals surface area contributed by atoms with E-state index >= 15 is 0 Å². The van der Waals surface area contributed by atoms with E-state index in [2.05, 4.69) is 4.72 Å². The van der Waals surface area contributed by atoms with Crippen molar-refractivity contribution in [2.45, 2.75) is 6.92 Å². The summed E-state index contributed by atoms with van der Waals surface area (Å²) in [5, 5.41) is 0. The van der Waals surface area contributed by atoms with Gasteiger partial charge in [0, 0.05) is 19.7 Å². The van der Waals surface area contributed by atoms with Crippen molar-refractivity contribution in [3.8, 4) is 0 Å². The molecule has 0 bridgehead atoms. The second-order valence-corrected chi connectivity index (χ2v) is 6.08. The molecule has 5 nitrogen and oxygen atoms in total. The van der Waals surface area contributed by atoms with E-state index in [1.807, 2.05) is 13.0 Å². The minimum Gasteiger partial charge on any atom is -0.389 e. The van der Waals surface area contributed by atoms with Gasteiger partial charge in [0.1, 0.15) is 4.99 Å². The van der Waals surface area contributed by atoms with Gasteiger partial charge in [0.25, 0.3) is 0 Å².